The largest absolute Gasteiger partial charge is 0.388 e. The molecule has 0 aromatic rings. The monoisotopic (exact) mass is 174 g/mol. The summed E-state index contributed by atoms with van der Waals surface area (Å²) in [6.45, 7) is 11.2. The van der Waals surface area contributed by atoms with Crippen molar-refractivity contribution in [2.75, 3.05) is 13.2 Å². The number of aliphatic hydroxyl groups is 1. The summed E-state index contributed by atoms with van der Waals surface area (Å²) >= 11 is 0. The van der Waals surface area contributed by atoms with E-state index in [1.165, 1.54) is 0 Å². The van der Waals surface area contributed by atoms with Crippen LogP contribution in [0.4, 0.5) is 0 Å². The Hall–Kier alpha value is -0.0800. The highest BCUT2D eigenvalue weighted by Gasteiger charge is 2.14. The van der Waals surface area contributed by atoms with Gasteiger partial charge in [0, 0.05) is 6.61 Å². The van der Waals surface area contributed by atoms with Gasteiger partial charge >= 0.3 is 0 Å². The van der Waals surface area contributed by atoms with E-state index in [1.54, 1.807) is 13.8 Å². The first-order valence-electron chi connectivity index (χ1n) is 4.51. The Kier molecular flexibility index (Phi) is 4.21. The van der Waals surface area contributed by atoms with Gasteiger partial charge in [-0.15, -0.1) is 0 Å². The molecular weight excluding hydrogens is 152 g/mol. The number of ether oxygens (including phenoxy) is 1. The summed E-state index contributed by atoms with van der Waals surface area (Å²) in [5, 5.41) is 9.32. The van der Waals surface area contributed by atoms with Crippen LogP contribution in [-0.4, -0.2) is 23.9 Å². The van der Waals surface area contributed by atoms with Crippen LogP contribution in [0.2, 0.25) is 0 Å². The molecule has 1 N–H and O–H groups in total. The van der Waals surface area contributed by atoms with Gasteiger partial charge in [-0.2, -0.15) is 0 Å². The highest BCUT2D eigenvalue weighted by atomic mass is 16.5. The van der Waals surface area contributed by atoms with Gasteiger partial charge in [0.25, 0.3) is 0 Å². The zero-order chi connectivity index (χ0) is 9.83. The maximum absolute atomic E-state index is 9.32. The summed E-state index contributed by atoms with van der Waals surface area (Å²) in [6, 6.07) is 0. The van der Waals surface area contributed by atoms with E-state index < -0.39 is 5.60 Å². The first-order chi connectivity index (χ1) is 5.21. The van der Waals surface area contributed by atoms with E-state index in [9.17, 15) is 5.11 Å². The molecule has 0 heterocycles. The lowest BCUT2D eigenvalue weighted by molar-refractivity contribution is -0.0261. The van der Waals surface area contributed by atoms with Crippen molar-refractivity contribution in [3.8, 4) is 0 Å². The molecular formula is C10H22O2. The molecule has 0 fully saturated rings. The number of rotatable bonds is 4. The van der Waals surface area contributed by atoms with Gasteiger partial charge in [-0.3, -0.25) is 0 Å². The molecule has 0 atom stereocenters. The SMILES string of the molecule is CC(C)(C)CCOCC(C)(C)O. The van der Waals surface area contributed by atoms with Gasteiger partial charge in [0.05, 0.1) is 12.2 Å². The van der Waals surface area contributed by atoms with Crippen LogP contribution in [0.1, 0.15) is 41.0 Å². The quantitative estimate of drug-likeness (QED) is 0.662. The predicted molar refractivity (Wildman–Crippen MR) is 51.2 cm³/mol. The van der Waals surface area contributed by atoms with Crippen molar-refractivity contribution in [2.45, 2.75) is 46.6 Å². The average molecular weight is 174 g/mol. The molecule has 12 heavy (non-hydrogen) atoms. The van der Waals surface area contributed by atoms with E-state index in [4.69, 9.17) is 4.74 Å². The molecule has 0 bridgehead atoms. The smallest absolute Gasteiger partial charge is 0.0824 e. The van der Waals surface area contributed by atoms with Crippen LogP contribution in [0.15, 0.2) is 0 Å². The molecule has 0 aromatic heterocycles. The highest BCUT2D eigenvalue weighted by Crippen LogP contribution is 2.18. The second kappa shape index (κ2) is 4.24. The lowest BCUT2D eigenvalue weighted by Crippen LogP contribution is -2.26. The standard InChI is InChI=1S/C10H22O2/c1-9(2,3)6-7-12-8-10(4,5)11/h11H,6-8H2,1-5H3. The van der Waals surface area contributed by atoms with Crippen molar-refractivity contribution in [2.24, 2.45) is 5.41 Å². The van der Waals surface area contributed by atoms with Crippen LogP contribution in [0.3, 0.4) is 0 Å². The van der Waals surface area contributed by atoms with Gasteiger partial charge in [0.15, 0.2) is 0 Å². The lowest BCUT2D eigenvalue weighted by Gasteiger charge is -2.21. The second-order valence-electron chi connectivity index (χ2n) is 5.18. The molecule has 0 aliphatic rings. The van der Waals surface area contributed by atoms with Crippen LogP contribution < -0.4 is 0 Å². The third-order valence-electron chi connectivity index (χ3n) is 1.45. The number of hydrogen-bond donors (Lipinski definition) is 1. The molecule has 2 heteroatoms. The molecule has 0 radical (unpaired) electrons. The van der Waals surface area contributed by atoms with Crippen molar-refractivity contribution < 1.29 is 9.84 Å². The molecule has 0 aliphatic heterocycles. The molecule has 0 saturated carbocycles. The van der Waals surface area contributed by atoms with Gasteiger partial charge in [0.2, 0.25) is 0 Å². The minimum Gasteiger partial charge on any atom is -0.388 e. The lowest BCUT2D eigenvalue weighted by atomic mass is 9.93. The predicted octanol–water partition coefficient (Wildman–Crippen LogP) is 2.21. The van der Waals surface area contributed by atoms with E-state index in [0.29, 0.717) is 12.0 Å². The zero-order valence-corrected chi connectivity index (χ0v) is 8.98. The first kappa shape index (κ1) is 11.9. The Morgan fingerprint density at radius 3 is 1.92 bits per heavy atom. The molecule has 0 aliphatic carbocycles. The number of hydrogen-bond acceptors (Lipinski definition) is 2. The maximum atomic E-state index is 9.32. The fourth-order valence-corrected chi connectivity index (χ4v) is 0.700. The average Bonchev–Trinajstić information content (AvgIpc) is 1.76. The Morgan fingerprint density at radius 2 is 1.58 bits per heavy atom. The van der Waals surface area contributed by atoms with Crippen LogP contribution in [0.25, 0.3) is 0 Å². The fourth-order valence-electron chi connectivity index (χ4n) is 0.700. The fraction of sp³-hybridized carbons (Fsp3) is 1.00. The Bertz CT molecular complexity index is 101. The van der Waals surface area contributed by atoms with E-state index in [2.05, 4.69) is 20.8 Å². The van der Waals surface area contributed by atoms with Crippen LogP contribution in [0, 0.1) is 5.41 Å². The van der Waals surface area contributed by atoms with Crippen molar-refractivity contribution in [1.82, 2.24) is 0 Å². The van der Waals surface area contributed by atoms with E-state index in [-0.39, 0.29) is 0 Å². The van der Waals surface area contributed by atoms with Crippen LogP contribution in [-0.2, 0) is 4.74 Å². The van der Waals surface area contributed by atoms with Crippen LogP contribution >= 0.6 is 0 Å². The summed E-state index contributed by atoms with van der Waals surface area (Å²) in [4.78, 5) is 0. The van der Waals surface area contributed by atoms with Crippen molar-refractivity contribution in [1.29, 1.82) is 0 Å². The second-order valence-corrected chi connectivity index (χ2v) is 5.18. The Morgan fingerprint density at radius 1 is 1.08 bits per heavy atom. The first-order valence-corrected chi connectivity index (χ1v) is 4.51. The van der Waals surface area contributed by atoms with Gasteiger partial charge in [-0.25, -0.2) is 0 Å². The summed E-state index contributed by atoms with van der Waals surface area (Å²) in [6.07, 6.45) is 1.03. The molecule has 0 aromatic carbocycles. The molecule has 0 amide bonds. The molecule has 0 saturated heterocycles. The van der Waals surface area contributed by atoms with Gasteiger partial charge in [0.1, 0.15) is 0 Å². The van der Waals surface area contributed by atoms with Crippen LogP contribution in [0.5, 0.6) is 0 Å². The maximum Gasteiger partial charge on any atom is 0.0824 e. The normalized spacial score (nSPS) is 13.5. The Balaban J connectivity index is 3.35. The zero-order valence-electron chi connectivity index (χ0n) is 8.98. The summed E-state index contributed by atoms with van der Waals surface area (Å²) < 4.78 is 5.32. The molecule has 0 spiro atoms. The highest BCUT2D eigenvalue weighted by molar-refractivity contribution is 4.64. The minimum atomic E-state index is -0.697. The third kappa shape index (κ3) is 9.92. The van der Waals surface area contributed by atoms with Crippen molar-refractivity contribution >= 4 is 0 Å². The van der Waals surface area contributed by atoms with E-state index in [1.807, 2.05) is 0 Å². The third-order valence-corrected chi connectivity index (χ3v) is 1.45. The molecule has 74 valence electrons. The van der Waals surface area contributed by atoms with E-state index >= 15 is 0 Å². The molecule has 0 unspecified atom stereocenters. The van der Waals surface area contributed by atoms with Gasteiger partial charge in [-0.05, 0) is 25.7 Å². The topological polar surface area (TPSA) is 29.5 Å². The summed E-state index contributed by atoms with van der Waals surface area (Å²) in [7, 11) is 0. The van der Waals surface area contributed by atoms with Gasteiger partial charge in [-0.1, -0.05) is 20.8 Å². The minimum absolute atomic E-state index is 0.319. The van der Waals surface area contributed by atoms with Gasteiger partial charge < -0.3 is 9.84 Å². The molecule has 2 nitrogen and oxygen atoms in total. The summed E-state index contributed by atoms with van der Waals surface area (Å²) in [5.41, 5.74) is -0.377. The molecule has 0 rings (SSSR count). The van der Waals surface area contributed by atoms with Crippen molar-refractivity contribution in [3.63, 3.8) is 0 Å². The van der Waals surface area contributed by atoms with E-state index in [0.717, 1.165) is 13.0 Å². The summed E-state index contributed by atoms with van der Waals surface area (Å²) in [5.74, 6) is 0. The Labute approximate surface area is 75.9 Å². The van der Waals surface area contributed by atoms with Crippen molar-refractivity contribution in [3.05, 3.63) is 0 Å².